The lowest BCUT2D eigenvalue weighted by molar-refractivity contribution is 0.00358. The summed E-state index contributed by atoms with van der Waals surface area (Å²) >= 11 is 0. The van der Waals surface area contributed by atoms with E-state index in [-0.39, 0.29) is 0 Å². The van der Waals surface area contributed by atoms with Gasteiger partial charge in [-0.25, -0.2) is 0 Å². The molecule has 2 aliphatic rings. The van der Waals surface area contributed by atoms with Crippen molar-refractivity contribution in [3.8, 4) is 0 Å². The highest BCUT2D eigenvalue weighted by Crippen LogP contribution is 2.21. The van der Waals surface area contributed by atoms with Crippen molar-refractivity contribution < 1.29 is 9.47 Å². The van der Waals surface area contributed by atoms with Crippen LogP contribution in [0.25, 0.3) is 0 Å². The predicted molar refractivity (Wildman–Crippen MR) is 54.2 cm³/mol. The zero-order valence-corrected chi connectivity index (χ0v) is 8.65. The fraction of sp³-hybridized carbons (Fsp3) is 1.00. The molecule has 0 aliphatic carbocycles. The Bertz CT molecular complexity index is 166. The van der Waals surface area contributed by atoms with E-state index in [1.54, 1.807) is 0 Å². The molecule has 14 heavy (non-hydrogen) atoms. The van der Waals surface area contributed by atoms with Gasteiger partial charge in [0.1, 0.15) is 0 Å². The van der Waals surface area contributed by atoms with Crippen LogP contribution in [0, 0.1) is 5.92 Å². The molecular formula is C10H20N2O2. The zero-order valence-electron chi connectivity index (χ0n) is 8.65. The fourth-order valence-electron chi connectivity index (χ4n) is 2.40. The van der Waals surface area contributed by atoms with E-state index < -0.39 is 0 Å². The Hall–Kier alpha value is -0.160. The van der Waals surface area contributed by atoms with Crippen LogP contribution in [0.5, 0.6) is 0 Å². The topological polar surface area (TPSA) is 47.7 Å². The van der Waals surface area contributed by atoms with Crippen LogP contribution < -0.4 is 5.73 Å². The number of hydrogen-bond donors (Lipinski definition) is 1. The van der Waals surface area contributed by atoms with Crippen molar-refractivity contribution in [2.75, 3.05) is 46.1 Å². The number of morpholine rings is 1. The van der Waals surface area contributed by atoms with Crippen LogP contribution in [0.3, 0.4) is 0 Å². The Morgan fingerprint density at radius 3 is 2.57 bits per heavy atom. The van der Waals surface area contributed by atoms with Crippen LogP contribution >= 0.6 is 0 Å². The average molecular weight is 200 g/mol. The van der Waals surface area contributed by atoms with Crippen molar-refractivity contribution in [3.63, 3.8) is 0 Å². The van der Waals surface area contributed by atoms with Crippen LogP contribution in [0.1, 0.15) is 6.42 Å². The van der Waals surface area contributed by atoms with E-state index in [4.69, 9.17) is 15.2 Å². The van der Waals surface area contributed by atoms with E-state index in [2.05, 4.69) is 4.90 Å². The maximum atomic E-state index is 5.85. The maximum Gasteiger partial charge on any atom is 0.0594 e. The third kappa shape index (κ3) is 2.25. The molecule has 0 saturated carbocycles. The molecule has 2 saturated heterocycles. The third-order valence-electron chi connectivity index (χ3n) is 3.27. The number of hydrogen-bond acceptors (Lipinski definition) is 4. The molecule has 0 aromatic rings. The highest BCUT2D eigenvalue weighted by molar-refractivity contribution is 4.83. The highest BCUT2D eigenvalue weighted by atomic mass is 16.5. The van der Waals surface area contributed by atoms with Gasteiger partial charge in [0.2, 0.25) is 0 Å². The number of rotatable bonds is 3. The molecule has 2 unspecified atom stereocenters. The average Bonchev–Trinajstić information content (AvgIpc) is 2.74. The lowest BCUT2D eigenvalue weighted by Crippen LogP contribution is -2.50. The molecular weight excluding hydrogens is 180 g/mol. The predicted octanol–water partition coefficient (Wildman–Crippen LogP) is -0.318. The maximum absolute atomic E-state index is 5.85. The monoisotopic (exact) mass is 200 g/mol. The van der Waals surface area contributed by atoms with E-state index in [9.17, 15) is 0 Å². The summed E-state index contributed by atoms with van der Waals surface area (Å²) < 4.78 is 10.8. The van der Waals surface area contributed by atoms with Crippen molar-refractivity contribution in [1.82, 2.24) is 4.90 Å². The minimum atomic E-state index is 0.501. The molecule has 4 nitrogen and oxygen atoms in total. The smallest absolute Gasteiger partial charge is 0.0594 e. The Labute approximate surface area is 85.3 Å². The van der Waals surface area contributed by atoms with E-state index in [0.29, 0.717) is 12.0 Å². The molecule has 2 rings (SSSR count). The molecule has 2 N–H and O–H groups in total. The van der Waals surface area contributed by atoms with E-state index in [0.717, 1.165) is 46.1 Å². The van der Waals surface area contributed by atoms with E-state index in [1.807, 2.05) is 0 Å². The lowest BCUT2D eigenvalue weighted by Gasteiger charge is -2.36. The first kappa shape index (κ1) is 10.4. The summed E-state index contributed by atoms with van der Waals surface area (Å²) in [6.07, 6.45) is 1.17. The number of ether oxygens (including phenoxy) is 2. The molecule has 2 aliphatic heterocycles. The van der Waals surface area contributed by atoms with Crippen molar-refractivity contribution in [1.29, 1.82) is 0 Å². The minimum Gasteiger partial charge on any atom is -0.381 e. The number of nitrogens with zero attached hydrogens (tertiary/aromatic N) is 1. The van der Waals surface area contributed by atoms with E-state index in [1.165, 1.54) is 6.42 Å². The van der Waals surface area contributed by atoms with Crippen molar-refractivity contribution in [2.24, 2.45) is 11.7 Å². The first-order valence-electron chi connectivity index (χ1n) is 5.51. The van der Waals surface area contributed by atoms with Gasteiger partial charge < -0.3 is 15.2 Å². The van der Waals surface area contributed by atoms with Gasteiger partial charge in [-0.1, -0.05) is 0 Å². The lowest BCUT2D eigenvalue weighted by atomic mass is 9.97. The van der Waals surface area contributed by atoms with Gasteiger partial charge in [0.15, 0.2) is 0 Å². The molecule has 2 fully saturated rings. The Balaban J connectivity index is 1.89. The molecule has 2 atom stereocenters. The molecule has 0 spiro atoms. The molecule has 0 radical (unpaired) electrons. The van der Waals surface area contributed by atoms with E-state index >= 15 is 0 Å². The van der Waals surface area contributed by atoms with Crippen molar-refractivity contribution in [2.45, 2.75) is 12.5 Å². The van der Waals surface area contributed by atoms with Crippen molar-refractivity contribution >= 4 is 0 Å². The van der Waals surface area contributed by atoms with Gasteiger partial charge in [-0.05, 0) is 6.42 Å². The molecule has 0 bridgehead atoms. The SMILES string of the molecule is NCC(C1CCOC1)N1CCOCC1. The summed E-state index contributed by atoms with van der Waals surface area (Å²) in [5.41, 5.74) is 5.85. The van der Waals surface area contributed by atoms with Gasteiger partial charge in [-0.15, -0.1) is 0 Å². The second-order valence-electron chi connectivity index (χ2n) is 4.08. The highest BCUT2D eigenvalue weighted by Gasteiger charge is 2.30. The summed E-state index contributed by atoms with van der Waals surface area (Å²) in [7, 11) is 0. The summed E-state index contributed by atoms with van der Waals surface area (Å²) in [4.78, 5) is 2.46. The second-order valence-corrected chi connectivity index (χ2v) is 4.08. The van der Waals surface area contributed by atoms with Crippen molar-refractivity contribution in [3.05, 3.63) is 0 Å². The van der Waals surface area contributed by atoms with Gasteiger partial charge in [-0.2, -0.15) is 0 Å². The van der Waals surface area contributed by atoms with Crippen LogP contribution in [-0.2, 0) is 9.47 Å². The van der Waals surface area contributed by atoms with Gasteiger partial charge in [0.05, 0.1) is 19.8 Å². The van der Waals surface area contributed by atoms with Gasteiger partial charge in [-0.3, -0.25) is 4.90 Å². The minimum absolute atomic E-state index is 0.501. The molecule has 0 aromatic heterocycles. The molecule has 82 valence electrons. The quantitative estimate of drug-likeness (QED) is 0.678. The first-order valence-corrected chi connectivity index (χ1v) is 5.51. The molecule has 0 amide bonds. The summed E-state index contributed by atoms with van der Waals surface area (Å²) in [6.45, 7) is 6.30. The fourth-order valence-corrected chi connectivity index (χ4v) is 2.40. The van der Waals surface area contributed by atoms with Crippen LogP contribution in [-0.4, -0.2) is 57.0 Å². The third-order valence-corrected chi connectivity index (χ3v) is 3.27. The number of nitrogens with two attached hydrogens (primary N) is 1. The summed E-state index contributed by atoms with van der Waals surface area (Å²) in [5, 5.41) is 0. The van der Waals surface area contributed by atoms with Gasteiger partial charge in [0, 0.05) is 38.2 Å². The summed E-state index contributed by atoms with van der Waals surface area (Å²) in [6, 6.07) is 0.501. The van der Waals surface area contributed by atoms with Gasteiger partial charge in [0.25, 0.3) is 0 Å². The zero-order chi connectivity index (χ0) is 9.80. The standard InChI is InChI=1S/C10H20N2O2/c11-7-10(9-1-4-14-8-9)12-2-5-13-6-3-12/h9-10H,1-8,11H2. The largest absolute Gasteiger partial charge is 0.381 e. The summed E-state index contributed by atoms with van der Waals surface area (Å²) in [5.74, 6) is 0.637. The molecule has 0 aromatic carbocycles. The molecule has 4 heteroatoms. The molecule has 2 heterocycles. The Morgan fingerprint density at radius 1 is 1.21 bits per heavy atom. The first-order chi connectivity index (χ1) is 6.92. The normalized spacial score (nSPS) is 31.9. The Morgan fingerprint density at radius 2 is 2.00 bits per heavy atom. The van der Waals surface area contributed by atoms with Crippen LogP contribution in [0.2, 0.25) is 0 Å². The Kier molecular flexibility index (Phi) is 3.75. The second kappa shape index (κ2) is 5.07. The van der Waals surface area contributed by atoms with Crippen LogP contribution in [0.4, 0.5) is 0 Å². The van der Waals surface area contributed by atoms with Crippen LogP contribution in [0.15, 0.2) is 0 Å². The van der Waals surface area contributed by atoms with Gasteiger partial charge >= 0.3 is 0 Å².